The monoisotopic (exact) mass is 173 g/mol. The molecular formula is C9H12BN3. The van der Waals surface area contributed by atoms with Gasteiger partial charge in [0.15, 0.2) is 7.85 Å². The normalized spacial score (nSPS) is 10.6. The summed E-state index contributed by atoms with van der Waals surface area (Å²) in [5.41, 5.74) is 3.39. The predicted molar refractivity (Wildman–Crippen MR) is 57.7 cm³/mol. The Hall–Kier alpha value is -1.45. The number of nitrogens with one attached hydrogen (secondary N) is 1. The first-order valence-corrected chi connectivity index (χ1v) is 4.35. The maximum atomic E-state index is 4.40. The zero-order chi connectivity index (χ0) is 9.42. The topological polar surface area (TPSA) is 29.3 Å². The zero-order valence-electron chi connectivity index (χ0n) is 8.13. The van der Waals surface area contributed by atoms with Crippen molar-refractivity contribution in [2.75, 3.05) is 12.4 Å². The third-order valence-electron chi connectivity index (χ3n) is 2.21. The van der Waals surface area contributed by atoms with E-state index in [1.54, 1.807) is 0 Å². The molecular weight excluding hydrogens is 161 g/mol. The van der Waals surface area contributed by atoms with E-state index in [0.717, 1.165) is 16.9 Å². The van der Waals surface area contributed by atoms with Crippen molar-refractivity contribution in [2.24, 2.45) is 0 Å². The summed E-state index contributed by atoms with van der Waals surface area (Å²) >= 11 is 0. The molecule has 0 unspecified atom stereocenters. The molecule has 0 aliphatic rings. The Balaban J connectivity index is 2.84. The van der Waals surface area contributed by atoms with Crippen LogP contribution in [0.1, 0.15) is 5.69 Å². The third-order valence-corrected chi connectivity index (χ3v) is 2.21. The SMILES string of the molecule is Bc1cn2c(C)ccc2c(NC)n1. The highest BCUT2D eigenvalue weighted by molar-refractivity contribution is 6.30. The summed E-state index contributed by atoms with van der Waals surface area (Å²) in [5, 5.41) is 3.09. The van der Waals surface area contributed by atoms with Gasteiger partial charge in [-0.2, -0.15) is 0 Å². The van der Waals surface area contributed by atoms with Crippen LogP contribution in [-0.2, 0) is 0 Å². The maximum absolute atomic E-state index is 4.40. The standard InChI is InChI=1S/C9H12BN3/c1-6-3-4-7-9(11-2)12-8(10)5-13(6)7/h3-5H,10H2,1-2H3,(H,11,12). The molecule has 2 heterocycles. The van der Waals surface area contributed by atoms with Crippen LogP contribution in [0.15, 0.2) is 18.3 Å². The molecule has 0 saturated carbocycles. The first kappa shape index (κ1) is 8.17. The summed E-state index contributed by atoms with van der Waals surface area (Å²) in [7, 11) is 3.89. The summed E-state index contributed by atoms with van der Waals surface area (Å²) in [4.78, 5) is 4.40. The lowest BCUT2D eigenvalue weighted by molar-refractivity contribution is 1.10. The van der Waals surface area contributed by atoms with Crippen LogP contribution in [0.2, 0.25) is 0 Å². The molecule has 0 saturated heterocycles. The van der Waals surface area contributed by atoms with Gasteiger partial charge in [0.05, 0.1) is 5.52 Å². The van der Waals surface area contributed by atoms with Crippen LogP contribution in [-0.4, -0.2) is 24.3 Å². The van der Waals surface area contributed by atoms with Crippen molar-refractivity contribution in [2.45, 2.75) is 6.92 Å². The fourth-order valence-corrected chi connectivity index (χ4v) is 1.55. The molecule has 0 amide bonds. The summed E-state index contributed by atoms with van der Waals surface area (Å²) < 4.78 is 2.15. The molecule has 0 aromatic carbocycles. The van der Waals surface area contributed by atoms with Crippen molar-refractivity contribution in [3.8, 4) is 0 Å². The van der Waals surface area contributed by atoms with E-state index in [1.807, 2.05) is 21.1 Å². The largest absolute Gasteiger partial charge is 0.371 e. The molecule has 0 atom stereocenters. The number of aromatic nitrogens is 2. The smallest absolute Gasteiger partial charge is 0.166 e. The molecule has 0 aliphatic heterocycles. The molecule has 3 nitrogen and oxygen atoms in total. The molecule has 2 aromatic heterocycles. The second-order valence-electron chi connectivity index (χ2n) is 3.21. The molecule has 1 N–H and O–H groups in total. The van der Waals surface area contributed by atoms with E-state index in [9.17, 15) is 0 Å². The van der Waals surface area contributed by atoms with Crippen molar-refractivity contribution < 1.29 is 0 Å². The van der Waals surface area contributed by atoms with E-state index in [0.29, 0.717) is 0 Å². The van der Waals surface area contributed by atoms with Gasteiger partial charge in [-0.15, -0.1) is 0 Å². The molecule has 0 aliphatic carbocycles. The van der Waals surface area contributed by atoms with Crippen molar-refractivity contribution in [3.63, 3.8) is 0 Å². The lowest BCUT2D eigenvalue weighted by atomic mass is 10.1. The minimum Gasteiger partial charge on any atom is -0.371 e. The van der Waals surface area contributed by atoms with Crippen molar-refractivity contribution in [1.29, 1.82) is 0 Å². The number of nitrogens with zero attached hydrogens (tertiary/aromatic N) is 2. The van der Waals surface area contributed by atoms with Gasteiger partial charge in [-0.05, 0) is 19.1 Å². The van der Waals surface area contributed by atoms with Gasteiger partial charge in [0.1, 0.15) is 5.82 Å². The Kier molecular flexibility index (Phi) is 1.76. The van der Waals surface area contributed by atoms with E-state index in [1.165, 1.54) is 5.69 Å². The van der Waals surface area contributed by atoms with Crippen LogP contribution in [0.4, 0.5) is 5.82 Å². The number of fused-ring (bicyclic) bond motifs is 1. The fraction of sp³-hybridized carbons (Fsp3) is 0.222. The van der Waals surface area contributed by atoms with Crippen LogP contribution in [0.5, 0.6) is 0 Å². The van der Waals surface area contributed by atoms with E-state index in [4.69, 9.17) is 0 Å². The molecule has 2 rings (SSSR count). The molecule has 13 heavy (non-hydrogen) atoms. The highest BCUT2D eigenvalue weighted by Gasteiger charge is 2.03. The summed E-state index contributed by atoms with van der Waals surface area (Å²) in [6.07, 6.45) is 2.05. The average molecular weight is 173 g/mol. The van der Waals surface area contributed by atoms with Crippen LogP contribution in [0.3, 0.4) is 0 Å². The minimum atomic E-state index is 0.938. The number of hydrogen-bond acceptors (Lipinski definition) is 2. The molecule has 2 aromatic rings. The number of rotatable bonds is 1. The Morgan fingerprint density at radius 3 is 2.92 bits per heavy atom. The van der Waals surface area contributed by atoms with Gasteiger partial charge in [-0.1, -0.05) is 0 Å². The van der Waals surface area contributed by atoms with Gasteiger partial charge in [-0.25, -0.2) is 4.98 Å². The Morgan fingerprint density at radius 1 is 1.46 bits per heavy atom. The van der Waals surface area contributed by atoms with Crippen molar-refractivity contribution in [3.05, 3.63) is 24.0 Å². The second-order valence-corrected chi connectivity index (χ2v) is 3.21. The van der Waals surface area contributed by atoms with Crippen LogP contribution in [0, 0.1) is 6.92 Å². The van der Waals surface area contributed by atoms with E-state index < -0.39 is 0 Å². The van der Waals surface area contributed by atoms with Gasteiger partial charge < -0.3 is 9.72 Å². The van der Waals surface area contributed by atoms with Gasteiger partial charge in [0, 0.05) is 24.5 Å². The predicted octanol–water partition coefficient (Wildman–Crippen LogP) is -0.0572. The molecule has 0 fully saturated rings. The summed E-state index contributed by atoms with van der Waals surface area (Å²) in [6.45, 7) is 2.09. The first-order valence-electron chi connectivity index (χ1n) is 4.35. The third kappa shape index (κ3) is 1.18. The average Bonchev–Trinajstić information content (AvgIpc) is 2.47. The van der Waals surface area contributed by atoms with Crippen LogP contribution >= 0.6 is 0 Å². The molecule has 0 bridgehead atoms. The van der Waals surface area contributed by atoms with E-state index in [2.05, 4.69) is 33.8 Å². The lowest BCUT2D eigenvalue weighted by Crippen LogP contribution is -2.13. The molecule has 66 valence electrons. The fourth-order valence-electron chi connectivity index (χ4n) is 1.55. The lowest BCUT2D eigenvalue weighted by Gasteiger charge is -2.05. The van der Waals surface area contributed by atoms with Crippen LogP contribution < -0.4 is 10.9 Å². The second kappa shape index (κ2) is 2.80. The summed E-state index contributed by atoms with van der Waals surface area (Å²) in [5.74, 6) is 0.938. The van der Waals surface area contributed by atoms with E-state index in [-0.39, 0.29) is 0 Å². The van der Waals surface area contributed by atoms with E-state index >= 15 is 0 Å². The number of aryl methyl sites for hydroxylation is 1. The zero-order valence-corrected chi connectivity index (χ0v) is 8.13. The molecule has 0 spiro atoms. The first-order chi connectivity index (χ1) is 6.22. The van der Waals surface area contributed by atoms with Gasteiger partial charge in [0.2, 0.25) is 0 Å². The molecule has 4 heteroatoms. The van der Waals surface area contributed by atoms with Gasteiger partial charge >= 0.3 is 0 Å². The minimum absolute atomic E-state index is 0.938. The number of hydrogen-bond donors (Lipinski definition) is 1. The number of anilines is 1. The maximum Gasteiger partial charge on any atom is 0.166 e. The highest BCUT2D eigenvalue weighted by atomic mass is 15.0. The Morgan fingerprint density at radius 2 is 2.23 bits per heavy atom. The highest BCUT2D eigenvalue weighted by Crippen LogP contribution is 2.14. The Bertz CT molecular complexity index is 447. The van der Waals surface area contributed by atoms with Gasteiger partial charge in [0.25, 0.3) is 0 Å². The van der Waals surface area contributed by atoms with Crippen molar-refractivity contribution >= 4 is 24.8 Å². The molecule has 0 radical (unpaired) electrons. The quantitative estimate of drug-likeness (QED) is 0.612. The van der Waals surface area contributed by atoms with Crippen LogP contribution in [0.25, 0.3) is 5.52 Å². The Labute approximate surface area is 78.2 Å². The summed E-state index contributed by atoms with van der Waals surface area (Å²) in [6, 6.07) is 4.17. The van der Waals surface area contributed by atoms with Gasteiger partial charge in [-0.3, -0.25) is 0 Å². The van der Waals surface area contributed by atoms with Crippen molar-refractivity contribution in [1.82, 2.24) is 9.38 Å².